The van der Waals surface area contributed by atoms with Gasteiger partial charge in [-0.1, -0.05) is 12.8 Å². The van der Waals surface area contributed by atoms with Crippen molar-refractivity contribution in [2.24, 2.45) is 5.92 Å². The van der Waals surface area contributed by atoms with Crippen LogP contribution < -0.4 is 5.32 Å². The van der Waals surface area contributed by atoms with Crippen molar-refractivity contribution in [2.75, 3.05) is 53.9 Å². The van der Waals surface area contributed by atoms with Crippen molar-refractivity contribution in [1.29, 1.82) is 0 Å². The second kappa shape index (κ2) is 8.90. The molecule has 1 rings (SSSR count). The Labute approximate surface area is 108 Å². The molecule has 17 heavy (non-hydrogen) atoms. The highest BCUT2D eigenvalue weighted by Crippen LogP contribution is 2.15. The van der Waals surface area contributed by atoms with Crippen LogP contribution in [-0.2, 0) is 0 Å². The van der Waals surface area contributed by atoms with Gasteiger partial charge < -0.3 is 15.1 Å². The molecule has 1 N–H and O–H groups in total. The summed E-state index contributed by atoms with van der Waals surface area (Å²) < 4.78 is 0. The fourth-order valence-corrected chi connectivity index (χ4v) is 2.74. The van der Waals surface area contributed by atoms with Crippen LogP contribution in [0.2, 0.25) is 0 Å². The second-order valence-corrected chi connectivity index (χ2v) is 5.70. The van der Waals surface area contributed by atoms with E-state index in [1.54, 1.807) is 0 Å². The maximum absolute atomic E-state index is 3.20. The molecule has 0 aromatic carbocycles. The molecular weight excluding hydrogens is 210 g/mol. The summed E-state index contributed by atoms with van der Waals surface area (Å²) in [7, 11) is 6.56. The van der Waals surface area contributed by atoms with E-state index in [0.717, 1.165) is 5.92 Å². The summed E-state index contributed by atoms with van der Waals surface area (Å²) in [5.74, 6) is 0.911. The molecule has 3 nitrogen and oxygen atoms in total. The van der Waals surface area contributed by atoms with Gasteiger partial charge >= 0.3 is 0 Å². The van der Waals surface area contributed by atoms with E-state index in [-0.39, 0.29) is 0 Å². The highest BCUT2D eigenvalue weighted by molar-refractivity contribution is 4.75. The lowest BCUT2D eigenvalue weighted by molar-refractivity contribution is 0.268. The Morgan fingerprint density at radius 2 is 2.00 bits per heavy atom. The van der Waals surface area contributed by atoms with Crippen LogP contribution in [0.3, 0.4) is 0 Å². The van der Waals surface area contributed by atoms with Crippen LogP contribution in [0.15, 0.2) is 0 Å². The normalized spacial score (nSPS) is 21.5. The second-order valence-electron chi connectivity index (χ2n) is 5.70. The largest absolute Gasteiger partial charge is 0.320 e. The van der Waals surface area contributed by atoms with E-state index in [4.69, 9.17) is 0 Å². The van der Waals surface area contributed by atoms with Crippen LogP contribution in [0.5, 0.6) is 0 Å². The average molecular weight is 241 g/mol. The van der Waals surface area contributed by atoms with E-state index >= 15 is 0 Å². The van der Waals surface area contributed by atoms with Gasteiger partial charge in [0.2, 0.25) is 0 Å². The number of hydrogen-bond acceptors (Lipinski definition) is 3. The molecule has 1 aliphatic heterocycles. The number of unbranched alkanes of at least 4 members (excludes halogenated alkanes) is 3. The summed E-state index contributed by atoms with van der Waals surface area (Å²) in [5, 5.41) is 3.20. The van der Waals surface area contributed by atoms with Gasteiger partial charge in [-0.05, 0) is 66.0 Å². The zero-order valence-corrected chi connectivity index (χ0v) is 12.0. The average Bonchev–Trinajstić information content (AvgIpc) is 2.69. The van der Waals surface area contributed by atoms with Crippen molar-refractivity contribution >= 4 is 0 Å². The summed E-state index contributed by atoms with van der Waals surface area (Å²) in [5.41, 5.74) is 0. The SMILES string of the molecule is CNCCCCCCN(C)CC1CCN(C)C1. The number of nitrogens with zero attached hydrogens (tertiary/aromatic N) is 2. The van der Waals surface area contributed by atoms with E-state index in [1.165, 1.54) is 64.8 Å². The molecule has 0 bridgehead atoms. The summed E-state index contributed by atoms with van der Waals surface area (Å²) in [4.78, 5) is 4.98. The lowest BCUT2D eigenvalue weighted by Crippen LogP contribution is -2.28. The summed E-state index contributed by atoms with van der Waals surface area (Å²) in [6.45, 7) is 6.33. The molecule has 1 fully saturated rings. The number of rotatable bonds is 9. The maximum atomic E-state index is 3.20. The third kappa shape index (κ3) is 7.02. The molecule has 0 aliphatic carbocycles. The Bertz CT molecular complexity index is 184. The first-order chi connectivity index (χ1) is 8.22. The van der Waals surface area contributed by atoms with Crippen molar-refractivity contribution in [3.63, 3.8) is 0 Å². The predicted molar refractivity (Wildman–Crippen MR) is 75.5 cm³/mol. The van der Waals surface area contributed by atoms with Crippen molar-refractivity contribution in [2.45, 2.75) is 32.1 Å². The Morgan fingerprint density at radius 3 is 2.65 bits per heavy atom. The zero-order valence-electron chi connectivity index (χ0n) is 12.0. The molecule has 0 amide bonds. The lowest BCUT2D eigenvalue weighted by Gasteiger charge is -2.20. The molecule has 0 aromatic heterocycles. The van der Waals surface area contributed by atoms with Crippen molar-refractivity contribution in [3.05, 3.63) is 0 Å². The molecule has 0 saturated carbocycles. The Morgan fingerprint density at radius 1 is 1.24 bits per heavy atom. The van der Waals surface area contributed by atoms with Gasteiger partial charge in [0.05, 0.1) is 0 Å². The summed E-state index contributed by atoms with van der Waals surface area (Å²) in [6, 6.07) is 0. The van der Waals surface area contributed by atoms with E-state index in [9.17, 15) is 0 Å². The minimum Gasteiger partial charge on any atom is -0.320 e. The van der Waals surface area contributed by atoms with Crippen LogP contribution >= 0.6 is 0 Å². The van der Waals surface area contributed by atoms with E-state index in [1.807, 2.05) is 7.05 Å². The Balaban J connectivity index is 1.92. The molecule has 0 spiro atoms. The van der Waals surface area contributed by atoms with E-state index in [0.29, 0.717) is 0 Å². The number of hydrogen-bond donors (Lipinski definition) is 1. The molecule has 1 atom stereocenters. The standard InChI is InChI=1S/C14H31N3/c1-15-9-6-4-5-7-10-16(2)12-14-8-11-17(3)13-14/h14-15H,4-13H2,1-3H3. The molecule has 1 unspecified atom stereocenters. The van der Waals surface area contributed by atoms with Gasteiger partial charge in [-0.3, -0.25) is 0 Å². The first-order valence-electron chi connectivity index (χ1n) is 7.24. The highest BCUT2D eigenvalue weighted by atomic mass is 15.1. The summed E-state index contributed by atoms with van der Waals surface area (Å²) in [6.07, 6.45) is 6.84. The fraction of sp³-hybridized carbons (Fsp3) is 1.00. The molecule has 1 saturated heterocycles. The number of nitrogens with one attached hydrogen (secondary N) is 1. The quantitative estimate of drug-likeness (QED) is 0.619. The van der Waals surface area contributed by atoms with Crippen LogP contribution in [0.1, 0.15) is 32.1 Å². The van der Waals surface area contributed by atoms with Gasteiger partial charge in [-0.2, -0.15) is 0 Å². The van der Waals surface area contributed by atoms with Gasteiger partial charge in [0.15, 0.2) is 0 Å². The third-order valence-corrected chi connectivity index (χ3v) is 3.78. The maximum Gasteiger partial charge on any atom is 0.00193 e. The van der Waals surface area contributed by atoms with Crippen LogP contribution in [0.25, 0.3) is 0 Å². The van der Waals surface area contributed by atoms with Crippen molar-refractivity contribution in [3.8, 4) is 0 Å². The molecular formula is C14H31N3. The van der Waals surface area contributed by atoms with Gasteiger partial charge in [-0.25, -0.2) is 0 Å². The Hall–Kier alpha value is -0.120. The minimum atomic E-state index is 0.911. The first kappa shape index (κ1) is 14.9. The van der Waals surface area contributed by atoms with Crippen LogP contribution in [-0.4, -0.2) is 63.7 Å². The fourth-order valence-electron chi connectivity index (χ4n) is 2.74. The van der Waals surface area contributed by atoms with Crippen molar-refractivity contribution in [1.82, 2.24) is 15.1 Å². The summed E-state index contributed by atoms with van der Waals surface area (Å²) >= 11 is 0. The molecule has 102 valence electrons. The monoisotopic (exact) mass is 241 g/mol. The molecule has 0 aromatic rings. The zero-order chi connectivity index (χ0) is 12.5. The first-order valence-corrected chi connectivity index (χ1v) is 7.24. The topological polar surface area (TPSA) is 18.5 Å². The van der Waals surface area contributed by atoms with Gasteiger partial charge in [0, 0.05) is 13.1 Å². The number of likely N-dealkylation sites (tertiary alicyclic amines) is 1. The van der Waals surface area contributed by atoms with Crippen LogP contribution in [0, 0.1) is 5.92 Å². The minimum absolute atomic E-state index is 0.911. The molecule has 0 radical (unpaired) electrons. The van der Waals surface area contributed by atoms with E-state index < -0.39 is 0 Å². The smallest absolute Gasteiger partial charge is 0.00193 e. The molecule has 1 aliphatic rings. The van der Waals surface area contributed by atoms with Gasteiger partial charge in [0.25, 0.3) is 0 Å². The van der Waals surface area contributed by atoms with Gasteiger partial charge in [-0.15, -0.1) is 0 Å². The lowest BCUT2D eigenvalue weighted by atomic mass is 10.1. The molecule has 1 heterocycles. The predicted octanol–water partition coefficient (Wildman–Crippen LogP) is 1.65. The van der Waals surface area contributed by atoms with E-state index in [2.05, 4.69) is 29.2 Å². The Kier molecular flexibility index (Phi) is 7.82. The van der Waals surface area contributed by atoms with Crippen molar-refractivity contribution < 1.29 is 0 Å². The highest BCUT2D eigenvalue weighted by Gasteiger charge is 2.20. The van der Waals surface area contributed by atoms with Crippen LogP contribution in [0.4, 0.5) is 0 Å². The molecule has 3 heteroatoms. The van der Waals surface area contributed by atoms with Gasteiger partial charge in [0.1, 0.15) is 0 Å². The third-order valence-electron chi connectivity index (χ3n) is 3.78.